The van der Waals surface area contributed by atoms with Crippen molar-refractivity contribution in [2.45, 2.75) is 53.0 Å². The van der Waals surface area contributed by atoms with E-state index in [-0.39, 0.29) is 23.7 Å². The van der Waals surface area contributed by atoms with Crippen LogP contribution >= 0.6 is 0 Å². The molecule has 0 heterocycles. The standard InChI is InChI=1S/C23H30N2O2/c1-17-10-6-7-11-19(17)16-24-22(27)14-15-25(18(2)26)21-13-9-8-12-20(21)23(3,4)5/h6-13H,14-16H2,1-5H3,(H,24,27). The van der Waals surface area contributed by atoms with Crippen molar-refractivity contribution < 1.29 is 9.59 Å². The molecule has 27 heavy (non-hydrogen) atoms. The van der Waals surface area contributed by atoms with E-state index in [1.165, 1.54) is 0 Å². The molecule has 0 aliphatic carbocycles. The molecule has 2 rings (SSSR count). The molecule has 2 aromatic carbocycles. The molecule has 0 aliphatic rings. The van der Waals surface area contributed by atoms with E-state index in [0.717, 1.165) is 22.4 Å². The van der Waals surface area contributed by atoms with E-state index in [1.54, 1.807) is 11.8 Å². The minimum atomic E-state index is -0.0859. The Morgan fingerprint density at radius 2 is 1.63 bits per heavy atom. The number of para-hydroxylation sites is 1. The van der Waals surface area contributed by atoms with Crippen LogP contribution in [0.1, 0.15) is 50.8 Å². The molecule has 0 aliphatic heterocycles. The Balaban J connectivity index is 2.04. The molecule has 144 valence electrons. The monoisotopic (exact) mass is 366 g/mol. The minimum absolute atomic E-state index is 0.0570. The highest BCUT2D eigenvalue weighted by Crippen LogP contribution is 2.32. The second-order valence-electron chi connectivity index (χ2n) is 7.89. The minimum Gasteiger partial charge on any atom is -0.352 e. The van der Waals surface area contributed by atoms with E-state index in [4.69, 9.17) is 0 Å². The van der Waals surface area contributed by atoms with Crippen molar-refractivity contribution >= 4 is 17.5 Å². The first-order chi connectivity index (χ1) is 12.7. The van der Waals surface area contributed by atoms with Crippen LogP contribution < -0.4 is 10.2 Å². The molecule has 0 unspecified atom stereocenters. The van der Waals surface area contributed by atoms with Crippen LogP contribution in [0.3, 0.4) is 0 Å². The van der Waals surface area contributed by atoms with Crippen molar-refractivity contribution in [2.75, 3.05) is 11.4 Å². The first kappa shape index (κ1) is 20.7. The number of nitrogens with one attached hydrogen (secondary N) is 1. The van der Waals surface area contributed by atoms with Gasteiger partial charge in [0.2, 0.25) is 11.8 Å². The molecule has 0 fully saturated rings. The first-order valence-electron chi connectivity index (χ1n) is 9.39. The lowest BCUT2D eigenvalue weighted by molar-refractivity contribution is -0.121. The molecule has 1 N–H and O–H groups in total. The SMILES string of the molecule is CC(=O)N(CCC(=O)NCc1ccccc1C)c1ccccc1C(C)(C)C. The normalized spacial score (nSPS) is 11.1. The number of anilines is 1. The number of hydrogen-bond donors (Lipinski definition) is 1. The maximum atomic E-state index is 12.3. The topological polar surface area (TPSA) is 49.4 Å². The quantitative estimate of drug-likeness (QED) is 0.826. The van der Waals surface area contributed by atoms with Gasteiger partial charge < -0.3 is 10.2 Å². The maximum absolute atomic E-state index is 12.3. The van der Waals surface area contributed by atoms with Crippen molar-refractivity contribution in [2.24, 2.45) is 0 Å². The summed E-state index contributed by atoms with van der Waals surface area (Å²) in [6.45, 7) is 10.8. The average Bonchev–Trinajstić information content (AvgIpc) is 2.60. The first-order valence-corrected chi connectivity index (χ1v) is 9.39. The Labute approximate surface area is 162 Å². The fourth-order valence-corrected chi connectivity index (χ4v) is 3.09. The zero-order chi connectivity index (χ0) is 20.0. The fourth-order valence-electron chi connectivity index (χ4n) is 3.09. The van der Waals surface area contributed by atoms with Gasteiger partial charge in [-0.2, -0.15) is 0 Å². The van der Waals surface area contributed by atoms with Gasteiger partial charge in [0.15, 0.2) is 0 Å². The summed E-state index contributed by atoms with van der Waals surface area (Å²) in [4.78, 5) is 26.3. The van der Waals surface area contributed by atoms with Crippen LogP contribution in [0.2, 0.25) is 0 Å². The van der Waals surface area contributed by atoms with Crippen LogP contribution in [0.4, 0.5) is 5.69 Å². The molecule has 0 radical (unpaired) electrons. The Bertz CT molecular complexity index is 806. The molecule has 0 saturated carbocycles. The molecule has 4 heteroatoms. The predicted molar refractivity (Wildman–Crippen MR) is 111 cm³/mol. The Morgan fingerprint density at radius 3 is 2.26 bits per heavy atom. The van der Waals surface area contributed by atoms with Gasteiger partial charge in [0.25, 0.3) is 0 Å². The number of hydrogen-bond acceptors (Lipinski definition) is 2. The molecule has 4 nitrogen and oxygen atoms in total. The third-order valence-electron chi connectivity index (χ3n) is 4.68. The van der Waals surface area contributed by atoms with E-state index in [1.807, 2.05) is 55.5 Å². The van der Waals surface area contributed by atoms with Gasteiger partial charge in [-0.05, 0) is 35.1 Å². The summed E-state index contributed by atoms with van der Waals surface area (Å²) in [7, 11) is 0. The third-order valence-corrected chi connectivity index (χ3v) is 4.68. The average molecular weight is 367 g/mol. The highest BCUT2D eigenvalue weighted by Gasteiger charge is 2.23. The lowest BCUT2D eigenvalue weighted by atomic mass is 9.85. The van der Waals surface area contributed by atoms with Gasteiger partial charge in [-0.1, -0.05) is 63.2 Å². The smallest absolute Gasteiger partial charge is 0.223 e. The van der Waals surface area contributed by atoms with Crippen LogP contribution in [-0.4, -0.2) is 18.4 Å². The lowest BCUT2D eigenvalue weighted by Gasteiger charge is -2.29. The van der Waals surface area contributed by atoms with Crippen molar-refractivity contribution in [1.82, 2.24) is 5.32 Å². The number of aryl methyl sites for hydroxylation is 1. The fraction of sp³-hybridized carbons (Fsp3) is 0.391. The molecule has 0 bridgehead atoms. The summed E-state index contributed by atoms with van der Waals surface area (Å²) in [6, 6.07) is 15.9. The lowest BCUT2D eigenvalue weighted by Crippen LogP contribution is -2.35. The molecular weight excluding hydrogens is 336 g/mol. The summed E-state index contributed by atoms with van der Waals surface area (Å²) in [5.74, 6) is -0.115. The Hall–Kier alpha value is -2.62. The summed E-state index contributed by atoms with van der Waals surface area (Å²) in [5.41, 5.74) is 4.15. The second kappa shape index (κ2) is 8.85. The summed E-state index contributed by atoms with van der Waals surface area (Å²) >= 11 is 0. The van der Waals surface area contributed by atoms with Crippen molar-refractivity contribution in [3.05, 3.63) is 65.2 Å². The summed E-state index contributed by atoms with van der Waals surface area (Å²) in [5, 5.41) is 2.95. The molecular formula is C23H30N2O2. The zero-order valence-corrected chi connectivity index (χ0v) is 17.0. The van der Waals surface area contributed by atoms with Crippen LogP contribution in [0.25, 0.3) is 0 Å². The van der Waals surface area contributed by atoms with Gasteiger partial charge in [0, 0.05) is 32.1 Å². The number of amides is 2. The van der Waals surface area contributed by atoms with Crippen LogP contribution in [-0.2, 0) is 21.5 Å². The highest BCUT2D eigenvalue weighted by atomic mass is 16.2. The van der Waals surface area contributed by atoms with Gasteiger partial charge in [-0.25, -0.2) is 0 Å². The summed E-state index contributed by atoms with van der Waals surface area (Å²) in [6.07, 6.45) is 0.268. The maximum Gasteiger partial charge on any atom is 0.223 e. The largest absolute Gasteiger partial charge is 0.352 e. The highest BCUT2D eigenvalue weighted by molar-refractivity contribution is 5.93. The van der Waals surface area contributed by atoms with Gasteiger partial charge in [-0.15, -0.1) is 0 Å². The Kier molecular flexibility index (Phi) is 6.78. The third kappa shape index (κ3) is 5.68. The molecule has 2 aromatic rings. The second-order valence-corrected chi connectivity index (χ2v) is 7.89. The number of rotatable bonds is 6. The predicted octanol–water partition coefficient (Wildman–Crippen LogP) is 4.35. The van der Waals surface area contributed by atoms with Gasteiger partial charge >= 0.3 is 0 Å². The molecule has 2 amide bonds. The Morgan fingerprint density at radius 1 is 1.00 bits per heavy atom. The van der Waals surface area contributed by atoms with E-state index in [2.05, 4.69) is 26.1 Å². The van der Waals surface area contributed by atoms with E-state index < -0.39 is 0 Å². The molecule has 0 spiro atoms. The number of benzene rings is 2. The number of carbonyl (C=O) groups is 2. The van der Waals surface area contributed by atoms with Crippen molar-refractivity contribution in [3.8, 4) is 0 Å². The van der Waals surface area contributed by atoms with Gasteiger partial charge in [-0.3, -0.25) is 9.59 Å². The zero-order valence-electron chi connectivity index (χ0n) is 17.0. The van der Waals surface area contributed by atoms with E-state index in [0.29, 0.717) is 13.1 Å². The molecule has 0 atom stereocenters. The van der Waals surface area contributed by atoms with Crippen LogP contribution in [0.5, 0.6) is 0 Å². The summed E-state index contributed by atoms with van der Waals surface area (Å²) < 4.78 is 0. The van der Waals surface area contributed by atoms with Gasteiger partial charge in [0.05, 0.1) is 0 Å². The van der Waals surface area contributed by atoms with Gasteiger partial charge in [0.1, 0.15) is 0 Å². The number of nitrogens with zero attached hydrogens (tertiary/aromatic N) is 1. The van der Waals surface area contributed by atoms with Crippen LogP contribution in [0, 0.1) is 6.92 Å². The molecule has 0 aromatic heterocycles. The van der Waals surface area contributed by atoms with Crippen LogP contribution in [0.15, 0.2) is 48.5 Å². The van der Waals surface area contributed by atoms with E-state index >= 15 is 0 Å². The van der Waals surface area contributed by atoms with E-state index in [9.17, 15) is 9.59 Å². The van der Waals surface area contributed by atoms with Crippen molar-refractivity contribution in [3.63, 3.8) is 0 Å². The molecule has 0 saturated heterocycles. The van der Waals surface area contributed by atoms with Crippen molar-refractivity contribution in [1.29, 1.82) is 0 Å². The number of carbonyl (C=O) groups excluding carboxylic acids is 2.